The van der Waals surface area contributed by atoms with Gasteiger partial charge in [0.15, 0.2) is 0 Å². The van der Waals surface area contributed by atoms with Crippen LogP contribution in [0.4, 0.5) is 0 Å². The van der Waals surface area contributed by atoms with Crippen molar-refractivity contribution >= 4 is 12.4 Å². The Hall–Kier alpha value is 0.250. The summed E-state index contributed by atoms with van der Waals surface area (Å²) >= 11 is 0. The quantitative estimate of drug-likeness (QED) is 0.805. The van der Waals surface area contributed by atoms with Crippen molar-refractivity contribution < 1.29 is 0 Å². The summed E-state index contributed by atoms with van der Waals surface area (Å²) in [6.45, 7) is 3.28. The lowest BCUT2D eigenvalue weighted by molar-refractivity contribution is -0.0858. The normalized spacial score (nSPS) is 46.5. The van der Waals surface area contributed by atoms with Crippen LogP contribution in [0.15, 0.2) is 0 Å². The van der Waals surface area contributed by atoms with Gasteiger partial charge in [0.05, 0.1) is 0 Å². The average molecular weight is 244 g/mol. The molecule has 94 valence electrons. The lowest BCUT2D eigenvalue weighted by Crippen LogP contribution is -2.51. The van der Waals surface area contributed by atoms with Gasteiger partial charge in [0.2, 0.25) is 0 Å². The van der Waals surface area contributed by atoms with Crippen LogP contribution < -0.4 is 5.73 Å². The molecule has 1 atom stereocenters. The van der Waals surface area contributed by atoms with E-state index in [2.05, 4.69) is 6.92 Å². The molecule has 16 heavy (non-hydrogen) atoms. The summed E-state index contributed by atoms with van der Waals surface area (Å²) in [6, 6.07) is 0. The molecule has 0 amide bonds. The van der Waals surface area contributed by atoms with Gasteiger partial charge in [-0.15, -0.1) is 12.4 Å². The molecule has 1 unspecified atom stereocenters. The van der Waals surface area contributed by atoms with Gasteiger partial charge in [-0.1, -0.05) is 13.3 Å². The maximum atomic E-state index is 6.00. The molecular formula is C14H26ClN. The van der Waals surface area contributed by atoms with Gasteiger partial charge in [0, 0.05) is 0 Å². The zero-order valence-corrected chi connectivity index (χ0v) is 11.3. The third-order valence-electron chi connectivity index (χ3n) is 5.73. The van der Waals surface area contributed by atoms with Gasteiger partial charge >= 0.3 is 0 Å². The minimum atomic E-state index is 0. The topological polar surface area (TPSA) is 26.0 Å². The summed E-state index contributed by atoms with van der Waals surface area (Å²) in [5.74, 6) is 4.07. The van der Waals surface area contributed by atoms with Crippen molar-refractivity contribution in [3.05, 3.63) is 0 Å². The van der Waals surface area contributed by atoms with Crippen LogP contribution in [0.3, 0.4) is 0 Å². The predicted molar refractivity (Wildman–Crippen MR) is 70.7 cm³/mol. The van der Waals surface area contributed by atoms with E-state index in [1.165, 1.54) is 25.7 Å². The number of nitrogens with two attached hydrogens (primary N) is 1. The minimum Gasteiger partial charge on any atom is -0.330 e. The number of halogens is 1. The van der Waals surface area contributed by atoms with E-state index in [-0.39, 0.29) is 12.4 Å². The highest BCUT2D eigenvalue weighted by molar-refractivity contribution is 5.85. The summed E-state index contributed by atoms with van der Waals surface area (Å²) in [7, 11) is 0. The van der Waals surface area contributed by atoms with Crippen LogP contribution in [0, 0.1) is 29.1 Å². The van der Waals surface area contributed by atoms with Crippen LogP contribution >= 0.6 is 12.4 Å². The van der Waals surface area contributed by atoms with Crippen LogP contribution in [0.5, 0.6) is 0 Å². The lowest BCUT2D eigenvalue weighted by atomic mass is 9.46. The van der Waals surface area contributed by atoms with Gasteiger partial charge in [-0.3, -0.25) is 0 Å². The molecule has 4 aliphatic carbocycles. The largest absolute Gasteiger partial charge is 0.330 e. The monoisotopic (exact) mass is 243 g/mol. The summed E-state index contributed by atoms with van der Waals surface area (Å²) in [4.78, 5) is 0. The van der Waals surface area contributed by atoms with E-state index in [0.29, 0.717) is 5.41 Å². The third-order valence-corrected chi connectivity index (χ3v) is 5.73. The third kappa shape index (κ3) is 1.80. The summed E-state index contributed by atoms with van der Waals surface area (Å²) in [5.41, 5.74) is 6.70. The molecule has 0 aromatic carbocycles. The van der Waals surface area contributed by atoms with Crippen molar-refractivity contribution in [2.75, 3.05) is 6.54 Å². The molecule has 4 rings (SSSR count). The van der Waals surface area contributed by atoms with Crippen molar-refractivity contribution in [1.82, 2.24) is 0 Å². The lowest BCUT2D eigenvalue weighted by Gasteiger charge is -2.59. The Labute approximate surface area is 106 Å². The molecule has 2 heteroatoms. The second kappa shape index (κ2) is 4.49. The first kappa shape index (κ1) is 12.7. The first-order valence-electron chi connectivity index (χ1n) is 6.96. The molecule has 0 aliphatic heterocycles. The smallest absolute Gasteiger partial charge is 0.00437 e. The van der Waals surface area contributed by atoms with E-state index >= 15 is 0 Å². The van der Waals surface area contributed by atoms with Crippen LogP contribution in [-0.2, 0) is 0 Å². The van der Waals surface area contributed by atoms with Crippen LogP contribution in [0.1, 0.15) is 51.9 Å². The highest BCUT2D eigenvalue weighted by Crippen LogP contribution is 2.62. The summed E-state index contributed by atoms with van der Waals surface area (Å²) in [6.07, 6.45) is 10.5. The maximum Gasteiger partial charge on any atom is -0.00437 e. The highest BCUT2D eigenvalue weighted by atomic mass is 35.5. The van der Waals surface area contributed by atoms with Crippen molar-refractivity contribution in [3.63, 3.8) is 0 Å². The summed E-state index contributed by atoms with van der Waals surface area (Å²) < 4.78 is 0. The molecule has 0 spiro atoms. The fraction of sp³-hybridized carbons (Fsp3) is 1.00. The van der Waals surface area contributed by atoms with E-state index in [1.807, 2.05) is 0 Å². The second-order valence-electron chi connectivity index (χ2n) is 6.62. The number of hydrogen-bond acceptors (Lipinski definition) is 1. The SMILES string of the molecule is CCC(CN)C12CC3CC(CC(C3)C1)C2.Cl. The first-order chi connectivity index (χ1) is 7.25. The Morgan fingerprint density at radius 3 is 1.81 bits per heavy atom. The van der Waals surface area contributed by atoms with Gasteiger partial charge in [0.1, 0.15) is 0 Å². The molecule has 0 saturated heterocycles. The Morgan fingerprint density at radius 2 is 1.50 bits per heavy atom. The average Bonchev–Trinajstić information content (AvgIpc) is 2.16. The molecule has 4 saturated carbocycles. The molecule has 2 N–H and O–H groups in total. The zero-order chi connectivity index (χ0) is 10.5. The maximum absolute atomic E-state index is 6.00. The highest BCUT2D eigenvalue weighted by Gasteiger charge is 2.53. The molecule has 4 fully saturated rings. The van der Waals surface area contributed by atoms with E-state index < -0.39 is 0 Å². The Kier molecular flexibility index (Phi) is 3.57. The van der Waals surface area contributed by atoms with Gasteiger partial charge in [-0.25, -0.2) is 0 Å². The van der Waals surface area contributed by atoms with E-state index in [0.717, 1.165) is 30.2 Å². The van der Waals surface area contributed by atoms with E-state index in [4.69, 9.17) is 5.73 Å². The standard InChI is InChI=1S/C14H25N.ClH/c1-2-13(9-15)14-6-10-3-11(7-14)5-12(4-10)8-14;/h10-13H,2-9,15H2,1H3;1H. The molecule has 0 aromatic rings. The molecule has 0 aromatic heterocycles. The van der Waals surface area contributed by atoms with Crippen molar-refractivity contribution in [2.24, 2.45) is 34.8 Å². The first-order valence-corrected chi connectivity index (χ1v) is 6.96. The number of rotatable bonds is 3. The molecule has 4 bridgehead atoms. The fourth-order valence-corrected chi connectivity index (χ4v) is 5.53. The van der Waals surface area contributed by atoms with E-state index in [9.17, 15) is 0 Å². The van der Waals surface area contributed by atoms with Crippen LogP contribution in [0.25, 0.3) is 0 Å². The zero-order valence-electron chi connectivity index (χ0n) is 10.5. The molecular weight excluding hydrogens is 218 g/mol. The van der Waals surface area contributed by atoms with Crippen LogP contribution in [-0.4, -0.2) is 6.54 Å². The fourth-order valence-electron chi connectivity index (χ4n) is 5.53. The van der Waals surface area contributed by atoms with Gasteiger partial charge < -0.3 is 5.73 Å². The van der Waals surface area contributed by atoms with Crippen molar-refractivity contribution in [2.45, 2.75) is 51.9 Å². The van der Waals surface area contributed by atoms with Crippen LogP contribution in [0.2, 0.25) is 0 Å². The van der Waals surface area contributed by atoms with Crippen molar-refractivity contribution in [1.29, 1.82) is 0 Å². The Bertz CT molecular complexity index is 212. The Balaban J connectivity index is 0.000000963. The van der Waals surface area contributed by atoms with Gasteiger partial charge in [-0.2, -0.15) is 0 Å². The van der Waals surface area contributed by atoms with Gasteiger partial charge in [-0.05, 0) is 74.2 Å². The molecule has 1 nitrogen and oxygen atoms in total. The second-order valence-corrected chi connectivity index (χ2v) is 6.62. The minimum absolute atomic E-state index is 0. The van der Waals surface area contributed by atoms with Gasteiger partial charge in [0.25, 0.3) is 0 Å². The van der Waals surface area contributed by atoms with E-state index in [1.54, 1.807) is 19.3 Å². The Morgan fingerprint density at radius 1 is 1.06 bits per heavy atom. The molecule has 0 heterocycles. The predicted octanol–water partition coefficient (Wildman–Crippen LogP) is 3.61. The molecule has 4 aliphatic rings. The molecule has 0 radical (unpaired) electrons. The van der Waals surface area contributed by atoms with Crippen molar-refractivity contribution in [3.8, 4) is 0 Å². The number of hydrogen-bond donors (Lipinski definition) is 1. The summed E-state index contributed by atoms with van der Waals surface area (Å²) in [5, 5.41) is 0.